The number of rotatable bonds is 4. The third-order valence-electron chi connectivity index (χ3n) is 4.77. The Bertz CT molecular complexity index is 1060. The highest BCUT2D eigenvalue weighted by Gasteiger charge is 2.25. The maximum atomic E-state index is 11.8. The summed E-state index contributed by atoms with van der Waals surface area (Å²) in [6.45, 7) is 4.48. The van der Waals surface area contributed by atoms with Gasteiger partial charge < -0.3 is 9.47 Å². The number of hydrogen-bond acceptors (Lipinski definition) is 7. The van der Waals surface area contributed by atoms with E-state index in [-0.39, 0.29) is 11.0 Å². The van der Waals surface area contributed by atoms with Crippen molar-refractivity contribution in [2.75, 3.05) is 26.4 Å². The average Bonchev–Trinajstić information content (AvgIpc) is 3.58. The highest BCUT2D eigenvalue weighted by atomic mass is 79.9. The van der Waals surface area contributed by atoms with Gasteiger partial charge in [0.15, 0.2) is 0 Å². The molecule has 2 saturated heterocycles. The van der Waals surface area contributed by atoms with E-state index in [2.05, 4.69) is 47.2 Å². The summed E-state index contributed by atoms with van der Waals surface area (Å²) < 4.78 is 43.0. The van der Waals surface area contributed by atoms with Crippen molar-refractivity contribution in [3.8, 4) is 0 Å². The molecule has 1 aromatic carbocycles. The second kappa shape index (κ2) is 12.8. The molecule has 33 heavy (non-hydrogen) atoms. The van der Waals surface area contributed by atoms with E-state index >= 15 is 0 Å². The van der Waals surface area contributed by atoms with Crippen molar-refractivity contribution in [3.05, 3.63) is 63.6 Å². The van der Waals surface area contributed by atoms with Gasteiger partial charge in [0.1, 0.15) is 6.10 Å². The molecule has 2 aromatic heterocycles. The first kappa shape index (κ1) is 26.0. The second-order valence-electron chi connectivity index (χ2n) is 7.42. The van der Waals surface area contributed by atoms with Crippen LogP contribution in [0.5, 0.6) is 0 Å². The first-order chi connectivity index (χ1) is 15.8. The topological polar surface area (TPSA) is 108 Å². The van der Waals surface area contributed by atoms with E-state index in [0.29, 0.717) is 25.7 Å². The van der Waals surface area contributed by atoms with Gasteiger partial charge in [0, 0.05) is 32.0 Å². The second-order valence-corrected chi connectivity index (χ2v) is 10.8. The molecule has 180 valence electrons. The lowest BCUT2D eigenvalue weighted by atomic mass is 10.2. The van der Waals surface area contributed by atoms with Crippen LogP contribution >= 0.6 is 31.9 Å². The molecular formula is C21H26Br2N4O5S. The van der Waals surface area contributed by atoms with Crippen molar-refractivity contribution in [2.45, 2.75) is 36.8 Å². The van der Waals surface area contributed by atoms with Crippen LogP contribution in [0.2, 0.25) is 0 Å². The third-order valence-corrected chi connectivity index (χ3v) is 6.99. The Labute approximate surface area is 210 Å². The van der Waals surface area contributed by atoms with Crippen LogP contribution in [0.1, 0.15) is 24.4 Å². The Balaban J connectivity index is 0.000000155. The molecule has 9 nitrogen and oxygen atoms in total. The Morgan fingerprint density at radius 2 is 1.79 bits per heavy atom. The number of aromatic amines is 1. The van der Waals surface area contributed by atoms with Gasteiger partial charge in [0.05, 0.1) is 45.5 Å². The van der Waals surface area contributed by atoms with Gasteiger partial charge in [0.25, 0.3) is 10.1 Å². The molecule has 2 aliphatic rings. The molecule has 4 heterocycles. The number of benzene rings is 1. The predicted octanol–water partition coefficient (Wildman–Crippen LogP) is 4.27. The minimum Gasteiger partial charge on any atom is -0.379 e. The summed E-state index contributed by atoms with van der Waals surface area (Å²) in [5, 5.41) is 10.5. The van der Waals surface area contributed by atoms with E-state index < -0.39 is 10.1 Å². The van der Waals surface area contributed by atoms with Crippen LogP contribution in [-0.2, 0) is 23.8 Å². The van der Waals surface area contributed by atoms with E-state index in [1.807, 2.05) is 17.8 Å². The largest absolute Gasteiger partial charge is 0.379 e. The first-order valence-electron chi connectivity index (χ1n) is 10.3. The van der Waals surface area contributed by atoms with Crippen LogP contribution in [0.25, 0.3) is 0 Å². The zero-order valence-electron chi connectivity index (χ0n) is 18.1. The minimum absolute atomic E-state index is 0.199. The van der Waals surface area contributed by atoms with Crippen LogP contribution in [0.15, 0.2) is 62.9 Å². The molecule has 5 rings (SSSR count). The van der Waals surface area contributed by atoms with Crippen molar-refractivity contribution in [2.24, 2.45) is 0 Å². The summed E-state index contributed by atoms with van der Waals surface area (Å²) in [5.74, 6) is 0. The van der Waals surface area contributed by atoms with E-state index in [9.17, 15) is 8.42 Å². The van der Waals surface area contributed by atoms with Crippen molar-refractivity contribution < 1.29 is 22.1 Å². The molecule has 12 heteroatoms. The average molecular weight is 606 g/mol. The van der Waals surface area contributed by atoms with Gasteiger partial charge >= 0.3 is 0 Å². The molecule has 0 spiro atoms. The first-order valence-corrected chi connectivity index (χ1v) is 13.3. The van der Waals surface area contributed by atoms with Crippen molar-refractivity contribution >= 4 is 42.0 Å². The zero-order chi connectivity index (χ0) is 23.7. The lowest BCUT2D eigenvalue weighted by Crippen LogP contribution is -2.18. The Morgan fingerprint density at radius 1 is 1.06 bits per heavy atom. The summed E-state index contributed by atoms with van der Waals surface area (Å²) in [6, 6.07) is 7.06. The van der Waals surface area contributed by atoms with Crippen molar-refractivity contribution in [3.63, 3.8) is 0 Å². The van der Waals surface area contributed by atoms with Crippen LogP contribution in [0.3, 0.4) is 0 Å². The Kier molecular flexibility index (Phi) is 10.1. The molecule has 0 aliphatic carbocycles. The molecule has 0 bridgehead atoms. The number of hydrogen-bond donors (Lipinski definition) is 1. The normalized spacial score (nSPS) is 20.0. The smallest absolute Gasteiger partial charge is 0.297 e. The van der Waals surface area contributed by atoms with Gasteiger partial charge in [-0.1, -0.05) is 17.7 Å². The van der Waals surface area contributed by atoms with E-state index in [1.165, 1.54) is 0 Å². The third kappa shape index (κ3) is 8.62. The maximum Gasteiger partial charge on any atom is 0.297 e. The molecule has 0 saturated carbocycles. The quantitative estimate of drug-likeness (QED) is 0.442. The molecule has 1 N–H and O–H groups in total. The Morgan fingerprint density at radius 3 is 2.27 bits per heavy atom. The molecule has 2 atom stereocenters. The zero-order valence-corrected chi connectivity index (χ0v) is 22.1. The van der Waals surface area contributed by atoms with Crippen molar-refractivity contribution in [1.82, 2.24) is 20.0 Å². The summed E-state index contributed by atoms with van der Waals surface area (Å²) in [7, 11) is -3.64. The number of nitrogens with zero attached hydrogens (tertiary/aromatic N) is 3. The van der Waals surface area contributed by atoms with Crippen LogP contribution in [0.4, 0.5) is 0 Å². The summed E-state index contributed by atoms with van der Waals surface area (Å²) in [4.78, 5) is 0.199. The number of nitrogens with one attached hydrogen (secondary N) is 1. The van der Waals surface area contributed by atoms with Gasteiger partial charge in [0.2, 0.25) is 0 Å². The fourth-order valence-corrected chi connectivity index (χ4v) is 4.61. The molecular weight excluding hydrogens is 580 g/mol. The van der Waals surface area contributed by atoms with Gasteiger partial charge in [-0.3, -0.25) is 14.0 Å². The number of H-pyrrole nitrogens is 1. The highest BCUT2D eigenvalue weighted by molar-refractivity contribution is 9.10. The van der Waals surface area contributed by atoms with Gasteiger partial charge in [-0.05, 0) is 57.3 Å². The van der Waals surface area contributed by atoms with Gasteiger partial charge in [-0.15, -0.1) is 0 Å². The maximum absolute atomic E-state index is 11.8. The fraction of sp³-hybridized carbons (Fsp3) is 0.429. The van der Waals surface area contributed by atoms with Crippen LogP contribution in [0, 0.1) is 6.92 Å². The molecule has 3 aromatic rings. The highest BCUT2D eigenvalue weighted by Crippen LogP contribution is 2.20. The van der Waals surface area contributed by atoms with Gasteiger partial charge in [-0.2, -0.15) is 18.6 Å². The van der Waals surface area contributed by atoms with Crippen LogP contribution in [-0.4, -0.2) is 60.9 Å². The summed E-state index contributed by atoms with van der Waals surface area (Å²) in [6.07, 6.45) is 8.61. The molecule has 2 fully saturated rings. The predicted molar refractivity (Wildman–Crippen MR) is 129 cm³/mol. The SMILES string of the molecule is Brc1cn[nH]c1.Brc1cnn([C@H]2CCOC2)c1.Cc1ccc(S(=O)(=O)O[C@@H]2CCOC2)cc1. The Hall–Kier alpha value is -1.57. The molecule has 0 radical (unpaired) electrons. The molecule has 2 aliphatic heterocycles. The number of aromatic nitrogens is 4. The minimum atomic E-state index is -3.64. The number of ether oxygens (including phenoxy) is 2. The van der Waals surface area contributed by atoms with Crippen molar-refractivity contribution in [1.29, 1.82) is 0 Å². The van der Waals surface area contributed by atoms with E-state index in [1.54, 1.807) is 42.9 Å². The standard InChI is InChI=1S/C11H14O4S.C7H9BrN2O.C3H3BrN2/c1-9-2-4-11(5-3-9)16(12,13)15-10-6-7-14-8-10;8-6-3-9-10(4-6)7-1-2-11-5-7;4-3-1-5-6-2-3/h2-5,10H,6-8H2,1H3;3-4,7H,1-2,5H2;1-2H,(H,5,6)/t10-;7-;/m10./s1. The fourth-order valence-electron chi connectivity index (χ4n) is 3.01. The summed E-state index contributed by atoms with van der Waals surface area (Å²) in [5.41, 5.74) is 1.02. The van der Waals surface area contributed by atoms with E-state index in [0.717, 1.165) is 34.1 Å². The molecule has 0 unspecified atom stereocenters. The summed E-state index contributed by atoms with van der Waals surface area (Å²) >= 11 is 6.54. The lowest BCUT2D eigenvalue weighted by Gasteiger charge is -2.10. The van der Waals surface area contributed by atoms with Crippen LogP contribution < -0.4 is 0 Å². The van der Waals surface area contributed by atoms with E-state index in [4.69, 9.17) is 13.7 Å². The number of aryl methyl sites for hydroxylation is 1. The number of halogens is 2. The monoisotopic (exact) mass is 604 g/mol. The van der Waals surface area contributed by atoms with Gasteiger partial charge in [-0.25, -0.2) is 0 Å². The molecule has 0 amide bonds. The lowest BCUT2D eigenvalue weighted by molar-refractivity contribution is 0.145.